The van der Waals surface area contributed by atoms with Gasteiger partial charge in [0.25, 0.3) is 0 Å². The van der Waals surface area contributed by atoms with Crippen LogP contribution in [-0.4, -0.2) is 5.78 Å². The van der Waals surface area contributed by atoms with E-state index in [0.29, 0.717) is 0 Å². The Morgan fingerprint density at radius 3 is 2.58 bits per heavy atom. The van der Waals surface area contributed by atoms with Gasteiger partial charge in [-0.3, -0.25) is 4.79 Å². The Bertz CT molecular complexity index is 321. The summed E-state index contributed by atoms with van der Waals surface area (Å²) in [7, 11) is 0. The Morgan fingerprint density at radius 2 is 2.17 bits per heavy atom. The predicted molar refractivity (Wildman–Crippen MR) is 55.8 cm³/mol. The van der Waals surface area contributed by atoms with Gasteiger partial charge in [-0.05, 0) is 48.0 Å². The molecule has 0 spiro atoms. The Morgan fingerprint density at radius 1 is 1.50 bits per heavy atom. The Balaban J connectivity index is 2.86. The van der Waals surface area contributed by atoms with Gasteiger partial charge in [-0.15, -0.1) is 11.3 Å². The number of carbonyl (C=O) groups excluding carboxylic acids is 1. The summed E-state index contributed by atoms with van der Waals surface area (Å²) in [6, 6.07) is 3.72. The Hall–Kier alpha value is -0.410. The van der Waals surface area contributed by atoms with Crippen LogP contribution in [0, 0.1) is 0 Å². The zero-order valence-electron chi connectivity index (χ0n) is 6.93. The van der Waals surface area contributed by atoms with Crippen LogP contribution in [0.15, 0.2) is 27.6 Å². The highest BCUT2D eigenvalue weighted by Crippen LogP contribution is 2.22. The molecule has 0 saturated heterocycles. The van der Waals surface area contributed by atoms with Crippen molar-refractivity contribution in [3.63, 3.8) is 0 Å². The lowest BCUT2D eigenvalue weighted by atomic mass is 10.2. The first-order valence-electron chi connectivity index (χ1n) is 3.54. The minimum atomic E-state index is 0.0886. The molecular weight excluding hydrogens is 236 g/mol. The van der Waals surface area contributed by atoms with Gasteiger partial charge in [0.1, 0.15) is 0 Å². The molecule has 0 aliphatic carbocycles. The van der Waals surface area contributed by atoms with E-state index in [4.69, 9.17) is 0 Å². The summed E-state index contributed by atoms with van der Waals surface area (Å²) in [5.74, 6) is 0.0886. The number of hydrogen-bond donors (Lipinski definition) is 0. The SMILES string of the molecule is CC(C)=CC(=O)c1ccc(Br)s1. The van der Waals surface area contributed by atoms with E-state index in [2.05, 4.69) is 15.9 Å². The van der Waals surface area contributed by atoms with Gasteiger partial charge in [-0.1, -0.05) is 5.57 Å². The molecule has 1 nitrogen and oxygen atoms in total. The van der Waals surface area contributed by atoms with Crippen LogP contribution in [0.25, 0.3) is 0 Å². The van der Waals surface area contributed by atoms with E-state index in [9.17, 15) is 4.79 Å². The van der Waals surface area contributed by atoms with E-state index in [0.717, 1.165) is 14.2 Å². The molecule has 0 fully saturated rings. The van der Waals surface area contributed by atoms with Gasteiger partial charge in [0, 0.05) is 0 Å². The van der Waals surface area contributed by atoms with Crippen molar-refractivity contribution >= 4 is 33.0 Å². The van der Waals surface area contributed by atoms with E-state index >= 15 is 0 Å². The molecule has 1 heterocycles. The molecule has 3 heteroatoms. The predicted octanol–water partition coefficient (Wildman–Crippen LogP) is 3.66. The second kappa shape index (κ2) is 4.01. The third-order valence-electron chi connectivity index (χ3n) is 1.24. The molecule has 0 bridgehead atoms. The van der Waals surface area contributed by atoms with Gasteiger partial charge < -0.3 is 0 Å². The van der Waals surface area contributed by atoms with E-state index in [-0.39, 0.29) is 5.78 Å². The maximum Gasteiger partial charge on any atom is 0.195 e. The molecule has 0 aromatic carbocycles. The molecule has 0 amide bonds. The number of carbonyl (C=O) groups is 1. The summed E-state index contributed by atoms with van der Waals surface area (Å²) < 4.78 is 0.994. The lowest BCUT2D eigenvalue weighted by molar-refractivity contribution is 0.105. The Kier molecular flexibility index (Phi) is 3.23. The molecule has 1 aromatic heterocycles. The smallest absolute Gasteiger partial charge is 0.195 e. The average molecular weight is 245 g/mol. The standard InChI is InChI=1S/C9H9BrOS/c1-6(2)5-7(11)8-3-4-9(10)12-8/h3-5H,1-2H3. The molecular formula is C9H9BrOS. The summed E-state index contributed by atoms with van der Waals surface area (Å²) >= 11 is 4.77. The highest BCUT2D eigenvalue weighted by Gasteiger charge is 2.04. The number of rotatable bonds is 2. The van der Waals surface area contributed by atoms with E-state index in [1.165, 1.54) is 11.3 Å². The first-order valence-corrected chi connectivity index (χ1v) is 5.15. The van der Waals surface area contributed by atoms with Crippen LogP contribution in [0.1, 0.15) is 23.5 Å². The minimum Gasteiger partial charge on any atom is -0.288 e. The third kappa shape index (κ3) is 2.57. The van der Waals surface area contributed by atoms with Crippen LogP contribution in [0.3, 0.4) is 0 Å². The van der Waals surface area contributed by atoms with Gasteiger partial charge in [-0.2, -0.15) is 0 Å². The molecule has 0 N–H and O–H groups in total. The normalized spacial score (nSPS) is 9.58. The zero-order valence-corrected chi connectivity index (χ0v) is 9.33. The van der Waals surface area contributed by atoms with Gasteiger partial charge >= 0.3 is 0 Å². The highest BCUT2D eigenvalue weighted by atomic mass is 79.9. The molecule has 1 aromatic rings. The quantitative estimate of drug-likeness (QED) is 0.574. The van der Waals surface area contributed by atoms with Crippen LogP contribution >= 0.6 is 27.3 Å². The van der Waals surface area contributed by atoms with Crippen LogP contribution in [0.4, 0.5) is 0 Å². The number of halogens is 1. The fraction of sp³-hybridized carbons (Fsp3) is 0.222. The van der Waals surface area contributed by atoms with Crippen molar-refractivity contribution < 1.29 is 4.79 Å². The summed E-state index contributed by atoms with van der Waals surface area (Å²) in [6.07, 6.45) is 1.65. The summed E-state index contributed by atoms with van der Waals surface area (Å²) in [6.45, 7) is 3.83. The summed E-state index contributed by atoms with van der Waals surface area (Å²) in [4.78, 5) is 12.2. The topological polar surface area (TPSA) is 17.1 Å². The largest absolute Gasteiger partial charge is 0.288 e. The maximum absolute atomic E-state index is 11.4. The zero-order chi connectivity index (χ0) is 9.14. The van der Waals surface area contributed by atoms with Crippen molar-refractivity contribution in [3.8, 4) is 0 Å². The average Bonchev–Trinajstić information content (AvgIpc) is 2.34. The van der Waals surface area contributed by atoms with Crippen LogP contribution < -0.4 is 0 Å². The Labute approximate surface area is 84.2 Å². The molecule has 0 aliphatic heterocycles. The van der Waals surface area contributed by atoms with Crippen molar-refractivity contribution in [2.75, 3.05) is 0 Å². The second-order valence-electron chi connectivity index (χ2n) is 2.69. The summed E-state index contributed by atoms with van der Waals surface area (Å²) in [5.41, 5.74) is 1.03. The monoisotopic (exact) mass is 244 g/mol. The van der Waals surface area contributed by atoms with Crippen molar-refractivity contribution in [1.82, 2.24) is 0 Å². The van der Waals surface area contributed by atoms with Crippen molar-refractivity contribution in [2.24, 2.45) is 0 Å². The maximum atomic E-state index is 11.4. The lowest BCUT2D eigenvalue weighted by Crippen LogP contribution is -1.89. The molecule has 0 saturated carbocycles. The number of hydrogen-bond acceptors (Lipinski definition) is 2. The van der Waals surface area contributed by atoms with Crippen molar-refractivity contribution in [1.29, 1.82) is 0 Å². The highest BCUT2D eigenvalue weighted by molar-refractivity contribution is 9.11. The van der Waals surface area contributed by atoms with Gasteiger partial charge in [0.15, 0.2) is 5.78 Å². The van der Waals surface area contributed by atoms with Crippen molar-refractivity contribution in [3.05, 3.63) is 32.4 Å². The van der Waals surface area contributed by atoms with Gasteiger partial charge in [0.2, 0.25) is 0 Å². The van der Waals surface area contributed by atoms with Crippen LogP contribution in [0.5, 0.6) is 0 Å². The number of thiophene rings is 1. The minimum absolute atomic E-state index is 0.0886. The number of allylic oxidation sites excluding steroid dienone is 2. The van der Waals surface area contributed by atoms with Crippen LogP contribution in [-0.2, 0) is 0 Å². The summed E-state index contributed by atoms with van der Waals surface area (Å²) in [5, 5.41) is 0. The van der Waals surface area contributed by atoms with Crippen LogP contribution in [0.2, 0.25) is 0 Å². The molecule has 0 aliphatic rings. The fourth-order valence-electron chi connectivity index (χ4n) is 0.780. The third-order valence-corrected chi connectivity index (χ3v) is 2.87. The molecule has 12 heavy (non-hydrogen) atoms. The molecule has 0 atom stereocenters. The molecule has 0 unspecified atom stereocenters. The second-order valence-corrected chi connectivity index (χ2v) is 5.15. The first kappa shape index (κ1) is 9.68. The van der Waals surface area contributed by atoms with Gasteiger partial charge in [-0.25, -0.2) is 0 Å². The van der Waals surface area contributed by atoms with Gasteiger partial charge in [0.05, 0.1) is 8.66 Å². The molecule has 1 rings (SSSR count). The number of ketones is 1. The van der Waals surface area contributed by atoms with E-state index in [1.54, 1.807) is 6.08 Å². The molecule has 64 valence electrons. The lowest BCUT2D eigenvalue weighted by Gasteiger charge is -1.89. The van der Waals surface area contributed by atoms with Crippen molar-refractivity contribution in [2.45, 2.75) is 13.8 Å². The van der Waals surface area contributed by atoms with E-state index in [1.807, 2.05) is 26.0 Å². The molecule has 0 radical (unpaired) electrons. The fourth-order valence-corrected chi connectivity index (χ4v) is 2.08. The van der Waals surface area contributed by atoms with E-state index < -0.39 is 0 Å². The first-order chi connectivity index (χ1) is 5.59.